The lowest BCUT2D eigenvalue weighted by atomic mass is 9.59. The molecule has 12 heteroatoms. The number of carbonyl (C=O) groups is 4. The number of rotatable bonds is 19. The maximum Gasteiger partial charge on any atom is 0.337 e. The van der Waals surface area contributed by atoms with E-state index in [-0.39, 0.29) is 36.8 Å². The Bertz CT molecular complexity index is 2300. The molecule has 0 saturated heterocycles. The second kappa shape index (κ2) is 22.1. The number of Topliss-reactive ketones (excluding diaryl/α,β-unsaturated/α-hetero) is 1. The van der Waals surface area contributed by atoms with Crippen LogP contribution in [-0.2, 0) is 34.0 Å². The van der Waals surface area contributed by atoms with E-state index < -0.39 is 70.4 Å². The number of aliphatic hydroxyl groups excluding tert-OH is 2. The Morgan fingerprint density at radius 3 is 2.07 bits per heavy atom. The van der Waals surface area contributed by atoms with Crippen LogP contribution in [0.1, 0.15) is 166 Å². The van der Waals surface area contributed by atoms with Crippen LogP contribution in [0.5, 0.6) is 0 Å². The molecular formula is C57H78O11S. The predicted molar refractivity (Wildman–Crippen MR) is 270 cm³/mol. The van der Waals surface area contributed by atoms with Gasteiger partial charge >= 0.3 is 17.9 Å². The first-order valence-corrected chi connectivity index (χ1v) is 26.3. The number of ether oxygens (including phenoxy) is 3. The zero-order valence-corrected chi connectivity index (χ0v) is 43.3. The van der Waals surface area contributed by atoms with Gasteiger partial charge in [-0.1, -0.05) is 135 Å². The minimum absolute atomic E-state index is 0.136. The number of carbonyl (C=O) groups excluding carboxylic acids is 4. The molecule has 0 aromatic heterocycles. The van der Waals surface area contributed by atoms with E-state index >= 15 is 0 Å². The monoisotopic (exact) mass is 971 g/mol. The van der Waals surface area contributed by atoms with Crippen LogP contribution in [0.3, 0.4) is 0 Å². The third-order valence-electron chi connectivity index (χ3n) is 16.1. The quantitative estimate of drug-likeness (QED) is 0.0345. The molecule has 4 aliphatic carbocycles. The largest absolute Gasteiger partial charge is 0.465 e. The molecule has 4 N–H and O–H groups in total. The van der Waals surface area contributed by atoms with Crippen molar-refractivity contribution >= 4 is 47.1 Å². The lowest BCUT2D eigenvalue weighted by Crippen LogP contribution is -2.65. The number of aliphatic hydroxyl groups is 4. The summed E-state index contributed by atoms with van der Waals surface area (Å²) < 4.78 is 16.4. The van der Waals surface area contributed by atoms with E-state index in [1.165, 1.54) is 80.6 Å². The molecule has 2 fully saturated rings. The molecule has 1 unspecified atom stereocenters. The van der Waals surface area contributed by atoms with Crippen molar-refractivity contribution in [3.63, 3.8) is 0 Å². The Kier molecular flexibility index (Phi) is 17.4. The molecule has 9 atom stereocenters. The van der Waals surface area contributed by atoms with Crippen LogP contribution in [0, 0.1) is 29.1 Å². The minimum Gasteiger partial charge on any atom is -0.465 e. The number of fused-ring (bicyclic) bond motifs is 6. The van der Waals surface area contributed by atoms with Gasteiger partial charge in [-0.25, -0.2) is 4.79 Å². The number of hydrogen-bond acceptors (Lipinski definition) is 12. The predicted octanol–water partition coefficient (Wildman–Crippen LogP) is 10.1. The van der Waals surface area contributed by atoms with Crippen molar-refractivity contribution in [2.24, 2.45) is 29.1 Å². The summed E-state index contributed by atoms with van der Waals surface area (Å²) in [6.45, 7) is 14.6. The highest BCUT2D eigenvalue weighted by atomic mass is 32.2. The number of methoxy groups -OCH3 is 1. The van der Waals surface area contributed by atoms with Crippen LogP contribution < -0.4 is 0 Å². The molecule has 7 rings (SSSR count). The normalized spacial score (nSPS) is 30.5. The number of allylic oxidation sites excluding steroid dienone is 1. The molecule has 2 saturated carbocycles. The number of unbranched alkanes of at least 4 members (excludes halogenated alkanes) is 10. The molecule has 1 heterocycles. The maximum absolute atomic E-state index is 13.2. The maximum atomic E-state index is 13.2. The first kappa shape index (κ1) is 54.3. The van der Waals surface area contributed by atoms with Crippen molar-refractivity contribution < 1.29 is 53.8 Å². The minimum atomic E-state index is -1.98. The Balaban J connectivity index is 0.000000273. The summed E-state index contributed by atoms with van der Waals surface area (Å²) in [5.74, 6) is -4.19. The zero-order chi connectivity index (χ0) is 50.5. The van der Waals surface area contributed by atoms with Crippen LogP contribution in [0.15, 0.2) is 70.7 Å². The smallest absolute Gasteiger partial charge is 0.337 e. The van der Waals surface area contributed by atoms with Crippen LogP contribution in [0.25, 0.3) is 11.6 Å². The Hall–Kier alpha value is -4.07. The van der Waals surface area contributed by atoms with E-state index in [0.717, 1.165) is 37.0 Å². The number of ketones is 1. The summed E-state index contributed by atoms with van der Waals surface area (Å²) >= 11 is 1.94. The fraction of sp³-hybridized carbons (Fsp3) is 0.614. The highest BCUT2D eigenvalue weighted by Crippen LogP contribution is 2.76. The van der Waals surface area contributed by atoms with E-state index in [2.05, 4.69) is 52.0 Å². The van der Waals surface area contributed by atoms with E-state index in [9.17, 15) is 39.6 Å². The number of thioether (sulfide) groups is 1. The molecule has 378 valence electrons. The fourth-order valence-electron chi connectivity index (χ4n) is 12.1. The number of hydrogen-bond donors (Lipinski definition) is 4. The molecule has 5 aliphatic rings. The molecule has 0 spiro atoms. The third-order valence-corrected chi connectivity index (χ3v) is 17.6. The molecule has 2 aromatic carbocycles. The molecule has 2 aromatic rings. The summed E-state index contributed by atoms with van der Waals surface area (Å²) in [5, 5.41) is 46.3. The van der Waals surface area contributed by atoms with E-state index in [1.807, 2.05) is 23.9 Å². The van der Waals surface area contributed by atoms with Gasteiger partial charge in [0.2, 0.25) is 0 Å². The average molecular weight is 971 g/mol. The van der Waals surface area contributed by atoms with E-state index in [1.54, 1.807) is 45.1 Å². The fourth-order valence-corrected chi connectivity index (χ4v) is 13.4. The van der Waals surface area contributed by atoms with E-state index in [0.29, 0.717) is 16.7 Å². The molecule has 0 radical (unpaired) electrons. The van der Waals surface area contributed by atoms with Crippen molar-refractivity contribution in [2.75, 3.05) is 26.1 Å². The topological polar surface area (TPSA) is 177 Å². The first-order valence-electron chi connectivity index (χ1n) is 25.3. The van der Waals surface area contributed by atoms with Crippen molar-refractivity contribution in [3.05, 3.63) is 88.0 Å². The highest BCUT2D eigenvalue weighted by molar-refractivity contribution is 7.99. The molecule has 11 nitrogen and oxygen atoms in total. The Morgan fingerprint density at radius 2 is 1.48 bits per heavy atom. The lowest BCUT2D eigenvalue weighted by Gasteiger charge is -2.52. The van der Waals surface area contributed by atoms with Gasteiger partial charge in [0.15, 0.2) is 11.4 Å². The molecular weight excluding hydrogens is 893 g/mol. The van der Waals surface area contributed by atoms with Crippen molar-refractivity contribution in [1.82, 2.24) is 0 Å². The Morgan fingerprint density at radius 1 is 0.870 bits per heavy atom. The molecule has 0 bridgehead atoms. The third kappa shape index (κ3) is 10.8. The second-order valence-electron chi connectivity index (χ2n) is 21.4. The van der Waals surface area contributed by atoms with Crippen LogP contribution >= 0.6 is 11.8 Å². The molecule has 1 aliphatic heterocycles. The van der Waals surface area contributed by atoms with Gasteiger partial charge in [0.1, 0.15) is 18.3 Å². The van der Waals surface area contributed by atoms with Crippen LogP contribution in [0.2, 0.25) is 0 Å². The van der Waals surface area contributed by atoms with Crippen molar-refractivity contribution in [3.8, 4) is 0 Å². The zero-order valence-electron chi connectivity index (χ0n) is 42.5. The summed E-state index contributed by atoms with van der Waals surface area (Å²) in [7, 11) is 1.40. The van der Waals surface area contributed by atoms with E-state index in [4.69, 9.17) is 14.2 Å². The Labute approximate surface area is 414 Å². The van der Waals surface area contributed by atoms with Crippen LogP contribution in [0.4, 0.5) is 0 Å². The van der Waals surface area contributed by atoms with Gasteiger partial charge in [-0.15, -0.1) is 11.8 Å². The summed E-state index contributed by atoms with van der Waals surface area (Å²) in [4.78, 5) is 51.4. The standard InChI is InChI=1S/C36H56O9.C21H22O2S/c1-6-7-8-9-10-11-12-13-14-15-16-17-29(39)44-22-33(5)30-27-19-26(21-37)20-34(42)28(18-23(2)31(34)40)35(27,43)24(3)32(41)36(30,33)45-25(4)38;1-14(11-15-5-7-16(8-6-15)20(22)23-4)17-9-10-19-18(12-17)21(2,3)13-24-19/h18-19,24,27-28,30,32,37,41-43H,6-17,20-22H2,1-5H3;5-12H,13H2,1-4H3/b;14-11+/t24-,27+,28-,30-,32-,33?,34-,35-,36-;/m1./s1. The van der Waals surface area contributed by atoms with Crippen molar-refractivity contribution in [2.45, 2.75) is 172 Å². The van der Waals surface area contributed by atoms with Gasteiger partial charge in [-0.05, 0) is 77.9 Å². The lowest BCUT2D eigenvalue weighted by molar-refractivity contribution is -0.219. The van der Waals surface area contributed by atoms with Crippen LogP contribution in [-0.4, -0.2) is 93.1 Å². The SMILES string of the molecule is CCCCCCCCCCCCCC(=O)OCC1(C)[C@H]2[C@@H]3C=C(CO)C[C@]4(O)C(=O)C(C)=C[C@H]4[C@@]3(O)[C@H](C)[C@@H](O)[C@]21OC(C)=O.COC(=O)c1ccc(/C=C(\C)c2ccc3c(c2)C(C)(C)CS3)cc1. The number of esters is 3. The average Bonchev–Trinajstić information content (AvgIpc) is 3.60. The summed E-state index contributed by atoms with van der Waals surface area (Å²) in [6, 6.07) is 14.3. The van der Waals surface area contributed by atoms with Gasteiger partial charge in [-0.3, -0.25) is 14.4 Å². The summed E-state index contributed by atoms with van der Waals surface area (Å²) in [5.41, 5.74) is 0.161. The highest BCUT2D eigenvalue weighted by Gasteiger charge is 2.88. The van der Waals surface area contributed by atoms with Gasteiger partial charge < -0.3 is 34.6 Å². The number of benzene rings is 2. The van der Waals surface area contributed by atoms with Gasteiger partial charge in [-0.2, -0.15) is 0 Å². The van der Waals surface area contributed by atoms with Crippen molar-refractivity contribution in [1.29, 1.82) is 0 Å². The first-order chi connectivity index (χ1) is 32.7. The summed E-state index contributed by atoms with van der Waals surface area (Å²) in [6.07, 6.45) is 17.0. The second-order valence-corrected chi connectivity index (χ2v) is 22.5. The van der Waals surface area contributed by atoms with Gasteiger partial charge in [0.05, 0.1) is 30.3 Å². The van der Waals surface area contributed by atoms with Gasteiger partial charge in [0, 0.05) is 59.5 Å². The molecule has 0 amide bonds. The van der Waals surface area contributed by atoms with Gasteiger partial charge in [0.25, 0.3) is 0 Å². The molecule has 69 heavy (non-hydrogen) atoms.